The van der Waals surface area contributed by atoms with Crippen LogP contribution in [0.5, 0.6) is 0 Å². The van der Waals surface area contributed by atoms with Gasteiger partial charge in [-0.1, -0.05) is 6.07 Å². The summed E-state index contributed by atoms with van der Waals surface area (Å²) in [6, 6.07) is 5.64. The maximum absolute atomic E-state index is 11.9. The molecule has 98 valence electrons. The van der Waals surface area contributed by atoms with E-state index in [4.69, 9.17) is 4.74 Å². The number of nitrogens with one attached hydrogen (secondary N) is 2. The Kier molecular flexibility index (Phi) is 4.28. The molecule has 1 saturated heterocycles. The van der Waals surface area contributed by atoms with Gasteiger partial charge in [-0.25, -0.2) is 0 Å². The van der Waals surface area contributed by atoms with Crippen LogP contribution in [-0.4, -0.2) is 36.7 Å². The zero-order chi connectivity index (χ0) is 13.0. The molecule has 2 N–H and O–H groups in total. The van der Waals surface area contributed by atoms with Crippen LogP contribution >= 0.6 is 0 Å². The number of aromatic nitrogens is 1. The van der Waals surface area contributed by atoms with Crippen LogP contribution in [-0.2, 0) is 16.1 Å². The minimum absolute atomic E-state index is 0.0119. The molecule has 0 aromatic carbocycles. The van der Waals surface area contributed by atoms with E-state index in [0.29, 0.717) is 6.54 Å². The standard InChI is InChI=1S/C13H19N3O2/c1-9-4-3-5-10(16-9)7-15-13(17)12-6-11(18-2)8-14-12/h3-5,11-12,14H,6-8H2,1-2H3,(H,15,17). The van der Waals surface area contributed by atoms with E-state index >= 15 is 0 Å². The molecule has 0 radical (unpaired) electrons. The lowest BCUT2D eigenvalue weighted by molar-refractivity contribution is -0.123. The Hall–Kier alpha value is -1.46. The van der Waals surface area contributed by atoms with E-state index in [1.807, 2.05) is 25.1 Å². The molecule has 0 spiro atoms. The number of amides is 1. The number of methoxy groups -OCH3 is 1. The summed E-state index contributed by atoms with van der Waals surface area (Å²) < 4.78 is 5.22. The highest BCUT2D eigenvalue weighted by atomic mass is 16.5. The number of pyridine rings is 1. The van der Waals surface area contributed by atoms with Crippen LogP contribution in [0.2, 0.25) is 0 Å². The van der Waals surface area contributed by atoms with Gasteiger partial charge in [0, 0.05) is 19.3 Å². The number of carbonyl (C=O) groups excluding carboxylic acids is 1. The van der Waals surface area contributed by atoms with Gasteiger partial charge in [0.15, 0.2) is 0 Å². The molecule has 1 aliphatic heterocycles. The van der Waals surface area contributed by atoms with Crippen molar-refractivity contribution in [3.8, 4) is 0 Å². The second-order valence-corrected chi connectivity index (χ2v) is 4.54. The topological polar surface area (TPSA) is 63.2 Å². The Morgan fingerprint density at radius 1 is 1.61 bits per heavy atom. The van der Waals surface area contributed by atoms with Gasteiger partial charge in [0.2, 0.25) is 5.91 Å². The summed E-state index contributed by atoms with van der Waals surface area (Å²) in [6.45, 7) is 3.14. The molecule has 1 amide bonds. The minimum Gasteiger partial charge on any atom is -0.380 e. The number of nitrogens with zero attached hydrogens (tertiary/aromatic N) is 1. The molecule has 2 rings (SSSR count). The van der Waals surface area contributed by atoms with Crippen molar-refractivity contribution < 1.29 is 9.53 Å². The maximum Gasteiger partial charge on any atom is 0.237 e. The Morgan fingerprint density at radius 2 is 2.44 bits per heavy atom. The van der Waals surface area contributed by atoms with E-state index in [1.54, 1.807) is 7.11 Å². The molecule has 5 nitrogen and oxygen atoms in total. The molecular weight excluding hydrogens is 230 g/mol. The molecule has 2 atom stereocenters. The summed E-state index contributed by atoms with van der Waals surface area (Å²) in [4.78, 5) is 16.3. The molecule has 1 aliphatic rings. The zero-order valence-corrected chi connectivity index (χ0v) is 10.8. The predicted octanol–water partition coefficient (Wildman–Crippen LogP) is 0.383. The summed E-state index contributed by atoms with van der Waals surface area (Å²) in [6.07, 6.45) is 0.863. The minimum atomic E-state index is -0.153. The Balaban J connectivity index is 1.82. The van der Waals surface area contributed by atoms with Crippen molar-refractivity contribution in [3.63, 3.8) is 0 Å². The van der Waals surface area contributed by atoms with Crippen LogP contribution in [0.3, 0.4) is 0 Å². The normalized spacial score (nSPS) is 23.0. The molecule has 0 saturated carbocycles. The van der Waals surface area contributed by atoms with Gasteiger partial charge in [-0.05, 0) is 25.5 Å². The molecular formula is C13H19N3O2. The average molecular weight is 249 g/mol. The SMILES string of the molecule is COC1CNC(C(=O)NCc2cccc(C)n2)C1. The number of carbonyl (C=O) groups is 1. The quantitative estimate of drug-likeness (QED) is 0.810. The first kappa shape index (κ1) is 13.0. The molecule has 1 fully saturated rings. The molecule has 0 aliphatic carbocycles. The monoisotopic (exact) mass is 249 g/mol. The molecule has 2 unspecified atom stereocenters. The van der Waals surface area contributed by atoms with Crippen LogP contribution < -0.4 is 10.6 Å². The molecule has 1 aromatic rings. The van der Waals surface area contributed by atoms with E-state index in [9.17, 15) is 4.79 Å². The van der Waals surface area contributed by atoms with Crippen LogP contribution in [0.1, 0.15) is 17.8 Å². The third kappa shape index (κ3) is 3.27. The molecule has 18 heavy (non-hydrogen) atoms. The molecule has 2 heterocycles. The lowest BCUT2D eigenvalue weighted by atomic mass is 10.2. The first-order chi connectivity index (χ1) is 8.69. The van der Waals surface area contributed by atoms with E-state index in [1.165, 1.54) is 0 Å². The van der Waals surface area contributed by atoms with E-state index in [-0.39, 0.29) is 18.1 Å². The Morgan fingerprint density at radius 3 is 3.11 bits per heavy atom. The fourth-order valence-electron chi connectivity index (χ4n) is 2.08. The number of ether oxygens (including phenoxy) is 1. The number of rotatable bonds is 4. The van der Waals surface area contributed by atoms with Crippen LogP contribution in [0.15, 0.2) is 18.2 Å². The summed E-state index contributed by atoms with van der Waals surface area (Å²) in [5.74, 6) is 0.0119. The smallest absolute Gasteiger partial charge is 0.237 e. The first-order valence-corrected chi connectivity index (χ1v) is 6.15. The fraction of sp³-hybridized carbons (Fsp3) is 0.538. The van der Waals surface area contributed by atoms with Crippen molar-refractivity contribution in [3.05, 3.63) is 29.6 Å². The fourth-order valence-corrected chi connectivity index (χ4v) is 2.08. The Bertz CT molecular complexity index is 422. The van der Waals surface area contributed by atoms with Crippen molar-refractivity contribution in [2.24, 2.45) is 0 Å². The summed E-state index contributed by atoms with van der Waals surface area (Å²) in [7, 11) is 1.67. The van der Waals surface area contributed by atoms with Gasteiger partial charge in [0.05, 0.1) is 24.4 Å². The largest absolute Gasteiger partial charge is 0.380 e. The third-order valence-electron chi connectivity index (χ3n) is 3.13. The average Bonchev–Trinajstić information content (AvgIpc) is 2.85. The van der Waals surface area contributed by atoms with Crippen LogP contribution in [0, 0.1) is 6.92 Å². The predicted molar refractivity (Wildman–Crippen MR) is 68.0 cm³/mol. The number of hydrogen-bond donors (Lipinski definition) is 2. The van der Waals surface area contributed by atoms with Gasteiger partial charge in [0.1, 0.15) is 0 Å². The van der Waals surface area contributed by atoms with Crippen LogP contribution in [0.25, 0.3) is 0 Å². The highest BCUT2D eigenvalue weighted by Crippen LogP contribution is 2.09. The zero-order valence-electron chi connectivity index (χ0n) is 10.8. The summed E-state index contributed by atoms with van der Waals surface area (Å²) in [5.41, 5.74) is 1.84. The Labute approximate surface area is 107 Å². The van der Waals surface area contributed by atoms with Gasteiger partial charge < -0.3 is 15.4 Å². The second-order valence-electron chi connectivity index (χ2n) is 4.54. The number of hydrogen-bond acceptors (Lipinski definition) is 4. The second kappa shape index (κ2) is 5.93. The van der Waals surface area contributed by atoms with Gasteiger partial charge >= 0.3 is 0 Å². The van der Waals surface area contributed by atoms with Crippen molar-refractivity contribution in [2.45, 2.75) is 32.0 Å². The van der Waals surface area contributed by atoms with Crippen molar-refractivity contribution >= 4 is 5.91 Å². The van der Waals surface area contributed by atoms with Gasteiger partial charge in [-0.3, -0.25) is 9.78 Å². The molecule has 1 aromatic heterocycles. The lowest BCUT2D eigenvalue weighted by Crippen LogP contribution is -2.40. The highest BCUT2D eigenvalue weighted by molar-refractivity contribution is 5.82. The summed E-state index contributed by atoms with van der Waals surface area (Å²) in [5, 5.41) is 6.04. The van der Waals surface area contributed by atoms with E-state index in [0.717, 1.165) is 24.4 Å². The van der Waals surface area contributed by atoms with Crippen molar-refractivity contribution in [1.29, 1.82) is 0 Å². The van der Waals surface area contributed by atoms with Gasteiger partial charge in [-0.2, -0.15) is 0 Å². The lowest BCUT2D eigenvalue weighted by Gasteiger charge is -2.11. The van der Waals surface area contributed by atoms with E-state index < -0.39 is 0 Å². The molecule has 0 bridgehead atoms. The van der Waals surface area contributed by atoms with Gasteiger partial charge in [-0.15, -0.1) is 0 Å². The third-order valence-corrected chi connectivity index (χ3v) is 3.13. The highest BCUT2D eigenvalue weighted by Gasteiger charge is 2.28. The van der Waals surface area contributed by atoms with Crippen molar-refractivity contribution in [1.82, 2.24) is 15.6 Å². The van der Waals surface area contributed by atoms with E-state index in [2.05, 4.69) is 15.6 Å². The van der Waals surface area contributed by atoms with Crippen LogP contribution in [0.4, 0.5) is 0 Å². The van der Waals surface area contributed by atoms with Crippen molar-refractivity contribution in [2.75, 3.05) is 13.7 Å². The summed E-state index contributed by atoms with van der Waals surface area (Å²) >= 11 is 0. The maximum atomic E-state index is 11.9. The molecule has 5 heteroatoms. The number of aryl methyl sites for hydroxylation is 1. The first-order valence-electron chi connectivity index (χ1n) is 6.15. The van der Waals surface area contributed by atoms with Gasteiger partial charge in [0.25, 0.3) is 0 Å².